The zero-order chi connectivity index (χ0) is 13.4. The Hall–Kier alpha value is -0.980. The van der Waals surface area contributed by atoms with Gasteiger partial charge in [0.05, 0.1) is 6.61 Å². The van der Waals surface area contributed by atoms with E-state index >= 15 is 0 Å². The van der Waals surface area contributed by atoms with Crippen LogP contribution in [0, 0.1) is 18.8 Å². The van der Waals surface area contributed by atoms with E-state index in [0.717, 1.165) is 35.3 Å². The van der Waals surface area contributed by atoms with Crippen LogP contribution in [0.5, 0.6) is 5.75 Å². The van der Waals surface area contributed by atoms with E-state index in [0.29, 0.717) is 6.61 Å². The molecule has 0 aliphatic carbocycles. The van der Waals surface area contributed by atoms with Crippen molar-refractivity contribution in [2.45, 2.75) is 33.7 Å². The molecule has 0 aliphatic heterocycles. The van der Waals surface area contributed by atoms with Crippen LogP contribution in [0.4, 0.5) is 0 Å². The molecule has 0 amide bonds. The average molecular weight is 310 g/mol. The number of aryl methyl sites for hydroxylation is 1. The van der Waals surface area contributed by atoms with Crippen LogP contribution in [0.3, 0.4) is 0 Å². The first-order chi connectivity index (χ1) is 8.69. The van der Waals surface area contributed by atoms with Crippen molar-refractivity contribution < 1.29 is 4.74 Å². The van der Waals surface area contributed by atoms with Gasteiger partial charge in [-0.25, -0.2) is 0 Å². The molecule has 18 heavy (non-hydrogen) atoms. The van der Waals surface area contributed by atoms with Crippen LogP contribution >= 0.6 is 15.9 Å². The maximum Gasteiger partial charge on any atom is 0.126 e. The first-order valence-electron chi connectivity index (χ1n) is 6.21. The highest BCUT2D eigenvalue weighted by Crippen LogP contribution is 2.28. The molecule has 1 rings (SSSR count). The summed E-state index contributed by atoms with van der Waals surface area (Å²) in [6.45, 7) is 8.44. The number of hydrogen-bond donors (Lipinski definition) is 1. The van der Waals surface area contributed by atoms with Gasteiger partial charge in [-0.05, 0) is 38.1 Å². The molecule has 1 aromatic carbocycles. The van der Waals surface area contributed by atoms with Gasteiger partial charge in [-0.15, -0.1) is 11.8 Å². The summed E-state index contributed by atoms with van der Waals surface area (Å²) in [5, 5.41) is 3.33. The van der Waals surface area contributed by atoms with Gasteiger partial charge >= 0.3 is 0 Å². The van der Waals surface area contributed by atoms with Crippen molar-refractivity contribution >= 4 is 15.9 Å². The maximum absolute atomic E-state index is 5.86. The van der Waals surface area contributed by atoms with Crippen molar-refractivity contribution in [3.8, 4) is 17.6 Å². The van der Waals surface area contributed by atoms with Crippen LogP contribution in [0.15, 0.2) is 16.6 Å². The third-order valence-corrected chi connectivity index (χ3v) is 2.99. The van der Waals surface area contributed by atoms with Gasteiger partial charge in [0.1, 0.15) is 5.75 Å². The molecule has 1 N–H and O–H groups in total. The third-order valence-electron chi connectivity index (χ3n) is 2.53. The molecule has 0 atom stereocenters. The smallest absolute Gasteiger partial charge is 0.126 e. The highest BCUT2D eigenvalue weighted by molar-refractivity contribution is 9.10. The second-order valence-corrected chi connectivity index (χ2v) is 4.93. The lowest BCUT2D eigenvalue weighted by atomic mass is 10.1. The summed E-state index contributed by atoms with van der Waals surface area (Å²) in [6.07, 6.45) is 0.770. The summed E-state index contributed by atoms with van der Waals surface area (Å²) < 4.78 is 6.95. The standard InChI is InChI=1S/C15H20BrNO/c1-4-6-7-8-18-15-12(3)9-14(16)10-13(15)11-17-5-2/h9-10,17H,5,7-8,11H2,1-3H3. The number of hydrogen-bond acceptors (Lipinski definition) is 2. The van der Waals surface area contributed by atoms with E-state index in [2.05, 4.69) is 59.1 Å². The van der Waals surface area contributed by atoms with Gasteiger partial charge in [-0.3, -0.25) is 0 Å². The Kier molecular flexibility index (Phi) is 6.85. The zero-order valence-electron chi connectivity index (χ0n) is 11.3. The quantitative estimate of drug-likeness (QED) is 0.639. The van der Waals surface area contributed by atoms with E-state index in [4.69, 9.17) is 4.74 Å². The fourth-order valence-corrected chi connectivity index (χ4v) is 2.35. The van der Waals surface area contributed by atoms with Gasteiger partial charge in [0.25, 0.3) is 0 Å². The van der Waals surface area contributed by atoms with Crippen LogP contribution in [-0.4, -0.2) is 13.2 Å². The molecule has 0 aromatic heterocycles. The summed E-state index contributed by atoms with van der Waals surface area (Å²) in [5.41, 5.74) is 2.34. The van der Waals surface area contributed by atoms with Crippen molar-refractivity contribution in [1.29, 1.82) is 0 Å². The van der Waals surface area contributed by atoms with Gasteiger partial charge < -0.3 is 10.1 Å². The van der Waals surface area contributed by atoms with Gasteiger partial charge in [0.15, 0.2) is 0 Å². The topological polar surface area (TPSA) is 21.3 Å². The lowest BCUT2D eigenvalue weighted by molar-refractivity contribution is 0.320. The van der Waals surface area contributed by atoms with E-state index in [-0.39, 0.29) is 0 Å². The molecular weight excluding hydrogens is 290 g/mol. The summed E-state index contributed by atoms with van der Waals surface area (Å²) in [5.74, 6) is 6.87. The molecule has 0 saturated heterocycles. The highest BCUT2D eigenvalue weighted by atomic mass is 79.9. The molecule has 1 aromatic rings. The number of benzene rings is 1. The van der Waals surface area contributed by atoms with E-state index < -0.39 is 0 Å². The fraction of sp³-hybridized carbons (Fsp3) is 0.467. The van der Waals surface area contributed by atoms with E-state index in [1.54, 1.807) is 0 Å². The molecule has 3 heteroatoms. The first-order valence-corrected chi connectivity index (χ1v) is 7.00. The first kappa shape index (κ1) is 15.1. The number of nitrogens with one attached hydrogen (secondary N) is 1. The SMILES string of the molecule is CC#CCCOc1c(C)cc(Br)cc1CNCC. The highest BCUT2D eigenvalue weighted by Gasteiger charge is 2.08. The van der Waals surface area contributed by atoms with E-state index in [9.17, 15) is 0 Å². The minimum absolute atomic E-state index is 0.641. The molecule has 0 bridgehead atoms. The minimum atomic E-state index is 0.641. The van der Waals surface area contributed by atoms with Crippen molar-refractivity contribution in [2.75, 3.05) is 13.2 Å². The lowest BCUT2D eigenvalue weighted by Crippen LogP contribution is -2.13. The van der Waals surface area contributed by atoms with Crippen LogP contribution in [0.1, 0.15) is 31.4 Å². The molecule has 0 saturated carbocycles. The minimum Gasteiger partial charge on any atom is -0.492 e. The molecule has 0 radical (unpaired) electrons. The predicted molar refractivity (Wildman–Crippen MR) is 79.8 cm³/mol. The Bertz CT molecular complexity index is 446. The van der Waals surface area contributed by atoms with Crippen LogP contribution in [-0.2, 0) is 6.54 Å². The van der Waals surface area contributed by atoms with Gasteiger partial charge in [0.2, 0.25) is 0 Å². The lowest BCUT2D eigenvalue weighted by Gasteiger charge is -2.14. The largest absolute Gasteiger partial charge is 0.492 e. The predicted octanol–water partition coefficient (Wildman–Crippen LogP) is 3.66. The molecule has 2 nitrogen and oxygen atoms in total. The second-order valence-electron chi connectivity index (χ2n) is 4.02. The van der Waals surface area contributed by atoms with Crippen molar-refractivity contribution in [3.05, 3.63) is 27.7 Å². The fourth-order valence-electron chi connectivity index (χ4n) is 1.73. The van der Waals surface area contributed by atoms with Crippen molar-refractivity contribution in [1.82, 2.24) is 5.32 Å². The Labute approximate surface area is 118 Å². The van der Waals surface area contributed by atoms with Crippen molar-refractivity contribution in [3.63, 3.8) is 0 Å². The molecule has 0 spiro atoms. The van der Waals surface area contributed by atoms with E-state index in [1.807, 2.05) is 6.92 Å². The molecule has 0 aliphatic rings. The summed E-state index contributed by atoms with van der Waals surface area (Å²) in [4.78, 5) is 0. The zero-order valence-corrected chi connectivity index (χ0v) is 12.9. The summed E-state index contributed by atoms with van der Waals surface area (Å²) in [6, 6.07) is 4.19. The molecule has 98 valence electrons. The monoisotopic (exact) mass is 309 g/mol. The summed E-state index contributed by atoms with van der Waals surface area (Å²) >= 11 is 3.53. The van der Waals surface area contributed by atoms with Gasteiger partial charge in [-0.1, -0.05) is 22.9 Å². The molecule has 0 unspecified atom stereocenters. The van der Waals surface area contributed by atoms with Crippen LogP contribution < -0.4 is 10.1 Å². The summed E-state index contributed by atoms with van der Waals surface area (Å²) in [7, 11) is 0. The molecular formula is C15H20BrNO. The Morgan fingerprint density at radius 2 is 2.17 bits per heavy atom. The van der Waals surface area contributed by atoms with Gasteiger partial charge in [-0.2, -0.15) is 0 Å². The molecule has 0 fully saturated rings. The number of halogens is 1. The maximum atomic E-state index is 5.86. The van der Waals surface area contributed by atoms with Gasteiger partial charge in [0, 0.05) is 23.0 Å². The second kappa shape index (κ2) is 8.18. The number of ether oxygens (including phenoxy) is 1. The Morgan fingerprint density at radius 1 is 1.39 bits per heavy atom. The normalized spacial score (nSPS) is 9.78. The van der Waals surface area contributed by atoms with Crippen LogP contribution in [0.25, 0.3) is 0 Å². The number of rotatable bonds is 6. The van der Waals surface area contributed by atoms with E-state index in [1.165, 1.54) is 5.56 Å². The molecule has 0 heterocycles. The Balaban J connectivity index is 2.80. The average Bonchev–Trinajstić information content (AvgIpc) is 2.34. The Morgan fingerprint density at radius 3 is 2.83 bits per heavy atom. The van der Waals surface area contributed by atoms with Crippen LogP contribution in [0.2, 0.25) is 0 Å². The third kappa shape index (κ3) is 4.72. The van der Waals surface area contributed by atoms with Crippen molar-refractivity contribution in [2.24, 2.45) is 0 Å².